The highest BCUT2D eigenvalue weighted by molar-refractivity contribution is 6.05. The Morgan fingerprint density at radius 1 is 1.17 bits per heavy atom. The van der Waals surface area contributed by atoms with Gasteiger partial charge in [-0.1, -0.05) is 65.8 Å². The largest absolute Gasteiger partial charge is 0.466 e. The Morgan fingerprint density at radius 2 is 1.78 bits per heavy atom. The van der Waals surface area contributed by atoms with E-state index in [1.807, 2.05) is 36.4 Å². The summed E-state index contributed by atoms with van der Waals surface area (Å²) in [6.07, 6.45) is -1.04. The summed E-state index contributed by atoms with van der Waals surface area (Å²) in [5.74, 6) is -0.650. The number of ether oxygens (including phenoxy) is 1. The standard InChI is InChI=1S/C18H17NO4/c1-22-17(21)18(16(20)14-10-6-3-7-11-14)12-15(19-23-18)13-8-4-2-5-9-13/h2-11,16,20H,12H2,1H3/t16-,18-/m1/s1. The van der Waals surface area contributed by atoms with Crippen LogP contribution in [-0.2, 0) is 14.4 Å². The summed E-state index contributed by atoms with van der Waals surface area (Å²) >= 11 is 0. The van der Waals surface area contributed by atoms with Crippen molar-refractivity contribution < 1.29 is 19.5 Å². The molecule has 0 fully saturated rings. The van der Waals surface area contributed by atoms with Gasteiger partial charge in [-0.25, -0.2) is 4.79 Å². The van der Waals surface area contributed by atoms with Gasteiger partial charge in [0.05, 0.1) is 19.2 Å². The maximum absolute atomic E-state index is 12.3. The van der Waals surface area contributed by atoms with Crippen LogP contribution in [0.3, 0.4) is 0 Å². The number of nitrogens with zero attached hydrogens (tertiary/aromatic N) is 1. The van der Waals surface area contributed by atoms with Gasteiger partial charge >= 0.3 is 5.97 Å². The summed E-state index contributed by atoms with van der Waals surface area (Å²) < 4.78 is 4.87. The average molecular weight is 311 g/mol. The molecule has 2 atom stereocenters. The lowest BCUT2D eigenvalue weighted by atomic mass is 9.85. The third-order valence-electron chi connectivity index (χ3n) is 3.94. The van der Waals surface area contributed by atoms with Crippen molar-refractivity contribution >= 4 is 11.7 Å². The lowest BCUT2D eigenvalue weighted by molar-refractivity contribution is -0.182. The first kappa shape index (κ1) is 15.2. The van der Waals surface area contributed by atoms with Crippen LogP contribution in [0, 0.1) is 0 Å². The molecule has 118 valence electrons. The molecule has 0 spiro atoms. The van der Waals surface area contributed by atoms with Gasteiger partial charge in [-0.3, -0.25) is 0 Å². The van der Waals surface area contributed by atoms with E-state index in [-0.39, 0.29) is 6.42 Å². The Bertz CT molecular complexity index is 714. The Kier molecular flexibility index (Phi) is 4.12. The van der Waals surface area contributed by atoms with E-state index in [0.717, 1.165) is 5.56 Å². The molecular formula is C18H17NO4. The monoisotopic (exact) mass is 311 g/mol. The van der Waals surface area contributed by atoms with Crippen molar-refractivity contribution in [3.63, 3.8) is 0 Å². The van der Waals surface area contributed by atoms with Gasteiger partial charge in [0.15, 0.2) is 0 Å². The summed E-state index contributed by atoms with van der Waals surface area (Å²) in [7, 11) is 1.27. The molecule has 5 nitrogen and oxygen atoms in total. The second-order valence-electron chi connectivity index (χ2n) is 5.37. The van der Waals surface area contributed by atoms with Crippen LogP contribution in [0.4, 0.5) is 0 Å². The molecule has 3 rings (SSSR count). The molecule has 0 saturated heterocycles. The van der Waals surface area contributed by atoms with Gasteiger partial charge in [0, 0.05) is 0 Å². The molecule has 0 aliphatic carbocycles. The summed E-state index contributed by atoms with van der Waals surface area (Å²) in [4.78, 5) is 17.8. The lowest BCUT2D eigenvalue weighted by Crippen LogP contribution is -2.45. The van der Waals surface area contributed by atoms with Crippen molar-refractivity contribution in [2.75, 3.05) is 7.11 Å². The number of carbonyl (C=O) groups excluding carboxylic acids is 1. The third kappa shape index (κ3) is 2.71. The highest BCUT2D eigenvalue weighted by Gasteiger charge is 2.54. The summed E-state index contributed by atoms with van der Waals surface area (Å²) in [5, 5.41) is 14.8. The molecular weight excluding hydrogens is 294 g/mol. The molecule has 0 saturated carbocycles. The minimum atomic E-state index is -1.57. The molecule has 0 aromatic heterocycles. The zero-order valence-corrected chi connectivity index (χ0v) is 12.7. The highest BCUT2D eigenvalue weighted by atomic mass is 16.7. The van der Waals surface area contributed by atoms with Gasteiger partial charge in [-0.15, -0.1) is 0 Å². The number of hydrogen-bond donors (Lipinski definition) is 1. The van der Waals surface area contributed by atoms with Crippen molar-refractivity contribution in [1.29, 1.82) is 0 Å². The van der Waals surface area contributed by atoms with Crippen LogP contribution >= 0.6 is 0 Å². The normalized spacial score (nSPS) is 21.2. The van der Waals surface area contributed by atoms with Gasteiger partial charge in [0.2, 0.25) is 0 Å². The van der Waals surface area contributed by atoms with Crippen LogP contribution in [0.25, 0.3) is 0 Å². The smallest absolute Gasteiger partial charge is 0.356 e. The molecule has 0 radical (unpaired) electrons. The molecule has 1 heterocycles. The molecule has 5 heteroatoms. The Balaban J connectivity index is 1.94. The predicted octanol–water partition coefficient (Wildman–Crippen LogP) is 2.46. The van der Waals surface area contributed by atoms with Gasteiger partial charge in [-0.05, 0) is 11.1 Å². The van der Waals surface area contributed by atoms with Crippen molar-refractivity contribution in [1.82, 2.24) is 0 Å². The quantitative estimate of drug-likeness (QED) is 0.881. The first-order valence-electron chi connectivity index (χ1n) is 7.29. The predicted molar refractivity (Wildman–Crippen MR) is 84.8 cm³/mol. The van der Waals surface area contributed by atoms with E-state index >= 15 is 0 Å². The van der Waals surface area contributed by atoms with Crippen molar-refractivity contribution in [2.24, 2.45) is 5.16 Å². The maximum Gasteiger partial charge on any atom is 0.356 e. The first-order chi connectivity index (χ1) is 11.2. The molecule has 23 heavy (non-hydrogen) atoms. The lowest BCUT2D eigenvalue weighted by Gasteiger charge is -2.29. The van der Waals surface area contributed by atoms with E-state index in [4.69, 9.17) is 9.57 Å². The second-order valence-corrected chi connectivity index (χ2v) is 5.37. The minimum Gasteiger partial charge on any atom is -0.466 e. The maximum atomic E-state index is 12.3. The fraction of sp³-hybridized carbons (Fsp3) is 0.222. The SMILES string of the molecule is COC(=O)[C@]1([C@H](O)c2ccccc2)CC(c2ccccc2)=NO1. The zero-order valence-electron chi connectivity index (χ0n) is 12.7. The van der Waals surface area contributed by atoms with E-state index in [0.29, 0.717) is 11.3 Å². The summed E-state index contributed by atoms with van der Waals surface area (Å²) in [6, 6.07) is 18.3. The van der Waals surface area contributed by atoms with Crippen LogP contribution in [0.15, 0.2) is 65.8 Å². The fourth-order valence-corrected chi connectivity index (χ4v) is 2.68. The molecule has 0 amide bonds. The van der Waals surface area contributed by atoms with E-state index in [1.165, 1.54) is 7.11 Å². The number of hydrogen-bond acceptors (Lipinski definition) is 5. The number of benzene rings is 2. The number of oxime groups is 1. The number of aliphatic hydroxyl groups excluding tert-OH is 1. The number of aliphatic hydroxyl groups is 1. The van der Waals surface area contributed by atoms with Crippen LogP contribution in [-0.4, -0.2) is 29.5 Å². The van der Waals surface area contributed by atoms with E-state index in [1.54, 1.807) is 24.3 Å². The van der Waals surface area contributed by atoms with Crippen LogP contribution < -0.4 is 0 Å². The molecule has 0 unspecified atom stereocenters. The Morgan fingerprint density at radius 3 is 2.39 bits per heavy atom. The zero-order chi connectivity index (χ0) is 16.3. The van der Waals surface area contributed by atoms with E-state index < -0.39 is 17.7 Å². The molecule has 1 aliphatic rings. The van der Waals surface area contributed by atoms with Crippen molar-refractivity contribution in [3.05, 3.63) is 71.8 Å². The molecule has 2 aromatic rings. The molecule has 1 aliphatic heterocycles. The second kappa shape index (κ2) is 6.22. The van der Waals surface area contributed by atoms with Gasteiger partial charge < -0.3 is 14.7 Å². The summed E-state index contributed by atoms with van der Waals surface area (Å²) in [5.41, 5.74) is 0.452. The fourth-order valence-electron chi connectivity index (χ4n) is 2.68. The molecule has 2 aromatic carbocycles. The van der Waals surface area contributed by atoms with Crippen LogP contribution in [0.1, 0.15) is 23.7 Å². The topological polar surface area (TPSA) is 68.1 Å². The van der Waals surface area contributed by atoms with Gasteiger partial charge in [-0.2, -0.15) is 0 Å². The number of rotatable bonds is 4. The minimum absolute atomic E-state index is 0.139. The summed E-state index contributed by atoms with van der Waals surface area (Å²) in [6.45, 7) is 0. The van der Waals surface area contributed by atoms with E-state index in [2.05, 4.69) is 5.16 Å². The van der Waals surface area contributed by atoms with E-state index in [9.17, 15) is 9.90 Å². The molecule has 1 N–H and O–H groups in total. The number of methoxy groups -OCH3 is 1. The average Bonchev–Trinajstić information content (AvgIpc) is 3.08. The number of esters is 1. The first-order valence-corrected chi connectivity index (χ1v) is 7.29. The van der Waals surface area contributed by atoms with Gasteiger partial charge in [0.1, 0.15) is 6.10 Å². The van der Waals surface area contributed by atoms with Crippen LogP contribution in [0.2, 0.25) is 0 Å². The number of carbonyl (C=O) groups is 1. The van der Waals surface area contributed by atoms with Gasteiger partial charge in [0.25, 0.3) is 5.60 Å². The third-order valence-corrected chi connectivity index (χ3v) is 3.94. The highest BCUT2D eigenvalue weighted by Crippen LogP contribution is 2.39. The Hall–Kier alpha value is -2.66. The van der Waals surface area contributed by atoms with Crippen molar-refractivity contribution in [3.8, 4) is 0 Å². The van der Waals surface area contributed by atoms with Crippen LogP contribution in [0.5, 0.6) is 0 Å². The van der Waals surface area contributed by atoms with Crippen molar-refractivity contribution in [2.45, 2.75) is 18.1 Å². The Labute approximate surface area is 134 Å². The molecule has 0 bridgehead atoms.